The first-order chi connectivity index (χ1) is 14.1. The topological polar surface area (TPSA) is 80.3 Å². The second-order valence-electron chi connectivity index (χ2n) is 6.47. The van der Waals surface area contributed by atoms with Gasteiger partial charge >= 0.3 is 11.8 Å². The third-order valence-electron chi connectivity index (χ3n) is 4.84. The first-order valence-corrected chi connectivity index (χ1v) is 9.27. The van der Waals surface area contributed by atoms with Gasteiger partial charge in [-0.3, -0.25) is 9.59 Å². The van der Waals surface area contributed by atoms with Gasteiger partial charge in [0.1, 0.15) is 17.2 Å². The molecule has 8 heteroatoms. The molecule has 0 spiro atoms. The lowest BCUT2D eigenvalue weighted by Gasteiger charge is -2.36. The molecule has 154 valence electrons. The molecule has 1 heterocycles. The minimum absolute atomic E-state index is 0.387. The molecule has 2 amide bonds. The van der Waals surface area contributed by atoms with Crippen molar-refractivity contribution in [1.82, 2.24) is 4.90 Å². The summed E-state index contributed by atoms with van der Waals surface area (Å²) in [5.74, 6) is 0.513. The van der Waals surface area contributed by atoms with Crippen molar-refractivity contribution in [3.8, 4) is 17.2 Å². The Morgan fingerprint density at radius 2 is 1.55 bits per heavy atom. The fourth-order valence-electron chi connectivity index (χ4n) is 3.27. The number of ether oxygens (including phenoxy) is 3. The smallest absolute Gasteiger partial charge is 0.314 e. The van der Waals surface area contributed by atoms with E-state index in [4.69, 9.17) is 14.2 Å². The molecule has 1 aliphatic heterocycles. The number of piperazine rings is 1. The van der Waals surface area contributed by atoms with E-state index in [1.807, 2.05) is 24.3 Å². The van der Waals surface area contributed by atoms with Crippen molar-refractivity contribution in [2.45, 2.75) is 0 Å². The van der Waals surface area contributed by atoms with Crippen molar-refractivity contribution in [2.75, 3.05) is 57.7 Å². The van der Waals surface area contributed by atoms with Crippen molar-refractivity contribution in [3.63, 3.8) is 0 Å². The number of nitrogens with zero attached hydrogens (tertiary/aromatic N) is 2. The second-order valence-corrected chi connectivity index (χ2v) is 6.47. The van der Waals surface area contributed by atoms with E-state index in [0.29, 0.717) is 43.4 Å². The van der Waals surface area contributed by atoms with E-state index in [1.54, 1.807) is 30.2 Å². The Hall–Kier alpha value is -3.42. The van der Waals surface area contributed by atoms with Crippen LogP contribution in [0.4, 0.5) is 11.4 Å². The van der Waals surface area contributed by atoms with Gasteiger partial charge in [-0.05, 0) is 24.3 Å². The highest BCUT2D eigenvalue weighted by molar-refractivity contribution is 6.39. The Bertz CT molecular complexity index is 878. The maximum atomic E-state index is 12.6. The summed E-state index contributed by atoms with van der Waals surface area (Å²) in [4.78, 5) is 28.8. The third kappa shape index (κ3) is 4.53. The predicted molar refractivity (Wildman–Crippen MR) is 110 cm³/mol. The van der Waals surface area contributed by atoms with Crippen LogP contribution in [0.25, 0.3) is 0 Å². The Balaban J connectivity index is 1.63. The Labute approximate surface area is 170 Å². The van der Waals surface area contributed by atoms with Crippen LogP contribution in [0.2, 0.25) is 0 Å². The largest absolute Gasteiger partial charge is 0.497 e. The number of hydrogen-bond donors (Lipinski definition) is 1. The molecule has 8 nitrogen and oxygen atoms in total. The van der Waals surface area contributed by atoms with Crippen molar-refractivity contribution in [2.24, 2.45) is 0 Å². The lowest BCUT2D eigenvalue weighted by Crippen LogP contribution is -2.51. The molecule has 0 radical (unpaired) electrons. The van der Waals surface area contributed by atoms with Gasteiger partial charge in [0, 0.05) is 32.2 Å². The molecule has 0 unspecified atom stereocenters. The number of amides is 2. The number of hydrogen-bond acceptors (Lipinski definition) is 6. The van der Waals surface area contributed by atoms with Crippen LogP contribution >= 0.6 is 0 Å². The zero-order valence-corrected chi connectivity index (χ0v) is 16.8. The lowest BCUT2D eigenvalue weighted by molar-refractivity contribution is -0.143. The molecule has 1 N–H and O–H groups in total. The molecule has 1 aliphatic rings. The molecule has 2 aromatic rings. The van der Waals surface area contributed by atoms with Gasteiger partial charge in [-0.1, -0.05) is 12.1 Å². The molecular formula is C21H25N3O5. The maximum Gasteiger partial charge on any atom is 0.314 e. The first-order valence-electron chi connectivity index (χ1n) is 9.27. The molecule has 0 aliphatic carbocycles. The summed E-state index contributed by atoms with van der Waals surface area (Å²) in [5.41, 5.74) is 1.37. The van der Waals surface area contributed by atoms with Gasteiger partial charge < -0.3 is 29.3 Å². The molecule has 0 aromatic heterocycles. The Kier molecular flexibility index (Phi) is 6.43. The van der Waals surface area contributed by atoms with Crippen LogP contribution in [0.1, 0.15) is 0 Å². The van der Waals surface area contributed by atoms with E-state index < -0.39 is 11.8 Å². The number of methoxy groups -OCH3 is 3. The van der Waals surface area contributed by atoms with E-state index in [9.17, 15) is 9.59 Å². The quantitative estimate of drug-likeness (QED) is 0.775. The number of rotatable bonds is 5. The molecule has 0 saturated carbocycles. The number of benzene rings is 2. The summed E-state index contributed by atoms with van der Waals surface area (Å²) >= 11 is 0. The normalized spacial score (nSPS) is 13.6. The van der Waals surface area contributed by atoms with Crippen molar-refractivity contribution in [3.05, 3.63) is 42.5 Å². The van der Waals surface area contributed by atoms with E-state index in [1.165, 1.54) is 14.2 Å². The third-order valence-corrected chi connectivity index (χ3v) is 4.84. The summed E-state index contributed by atoms with van der Waals surface area (Å²) in [6.45, 7) is 2.11. The lowest BCUT2D eigenvalue weighted by atomic mass is 10.2. The fraction of sp³-hybridized carbons (Fsp3) is 0.333. The van der Waals surface area contributed by atoms with Crippen LogP contribution in [0.15, 0.2) is 42.5 Å². The van der Waals surface area contributed by atoms with Gasteiger partial charge in [-0.2, -0.15) is 0 Å². The molecule has 29 heavy (non-hydrogen) atoms. The average molecular weight is 399 g/mol. The van der Waals surface area contributed by atoms with E-state index in [2.05, 4.69) is 10.2 Å². The van der Waals surface area contributed by atoms with Gasteiger partial charge in [0.15, 0.2) is 0 Å². The highest BCUT2D eigenvalue weighted by atomic mass is 16.5. The van der Waals surface area contributed by atoms with E-state index in [-0.39, 0.29) is 0 Å². The zero-order chi connectivity index (χ0) is 20.8. The molecule has 0 bridgehead atoms. The van der Waals surface area contributed by atoms with Crippen LogP contribution in [-0.2, 0) is 9.59 Å². The SMILES string of the molecule is COc1ccc(OC)c(NC(=O)C(=O)N2CCN(c3ccccc3OC)CC2)c1. The highest BCUT2D eigenvalue weighted by Crippen LogP contribution is 2.30. The standard InChI is InChI=1S/C21H25N3O5/c1-27-15-8-9-18(28-2)16(14-15)22-20(25)21(26)24-12-10-23(11-13-24)17-6-4-5-7-19(17)29-3/h4-9,14H,10-13H2,1-3H3,(H,22,25). The maximum absolute atomic E-state index is 12.6. The Morgan fingerprint density at radius 3 is 2.21 bits per heavy atom. The van der Waals surface area contributed by atoms with Crippen LogP contribution in [-0.4, -0.2) is 64.2 Å². The summed E-state index contributed by atoms with van der Waals surface area (Å²) < 4.78 is 15.8. The summed E-state index contributed by atoms with van der Waals surface area (Å²) in [7, 11) is 4.66. The number of carbonyl (C=O) groups is 2. The van der Waals surface area contributed by atoms with Crippen LogP contribution in [0, 0.1) is 0 Å². The predicted octanol–water partition coefficient (Wildman–Crippen LogP) is 2.00. The van der Waals surface area contributed by atoms with E-state index in [0.717, 1.165) is 11.4 Å². The van der Waals surface area contributed by atoms with Crippen LogP contribution in [0.5, 0.6) is 17.2 Å². The monoisotopic (exact) mass is 399 g/mol. The van der Waals surface area contributed by atoms with Gasteiger partial charge in [0.05, 0.1) is 32.7 Å². The first kappa shape index (κ1) is 20.3. The van der Waals surface area contributed by atoms with Gasteiger partial charge in [-0.25, -0.2) is 0 Å². The second kappa shape index (κ2) is 9.18. The van der Waals surface area contributed by atoms with Gasteiger partial charge in [0.2, 0.25) is 0 Å². The van der Waals surface area contributed by atoms with Crippen molar-refractivity contribution < 1.29 is 23.8 Å². The summed E-state index contributed by atoms with van der Waals surface area (Å²) in [6, 6.07) is 12.8. The minimum Gasteiger partial charge on any atom is -0.497 e. The highest BCUT2D eigenvalue weighted by Gasteiger charge is 2.27. The zero-order valence-electron chi connectivity index (χ0n) is 16.8. The molecule has 3 rings (SSSR count). The molecule has 0 atom stereocenters. The molecule has 1 saturated heterocycles. The minimum atomic E-state index is -0.706. The molecule has 1 fully saturated rings. The van der Waals surface area contributed by atoms with Gasteiger partial charge in [-0.15, -0.1) is 0 Å². The number of para-hydroxylation sites is 2. The average Bonchev–Trinajstić information content (AvgIpc) is 2.78. The summed E-state index contributed by atoms with van der Waals surface area (Å²) in [5, 5.41) is 2.63. The van der Waals surface area contributed by atoms with Crippen molar-refractivity contribution >= 4 is 23.2 Å². The Morgan fingerprint density at radius 1 is 0.862 bits per heavy atom. The van der Waals surface area contributed by atoms with E-state index >= 15 is 0 Å². The number of anilines is 2. The van der Waals surface area contributed by atoms with Gasteiger partial charge in [0.25, 0.3) is 0 Å². The number of nitrogens with one attached hydrogen (secondary N) is 1. The number of carbonyl (C=O) groups excluding carboxylic acids is 2. The molecular weight excluding hydrogens is 374 g/mol. The summed E-state index contributed by atoms with van der Waals surface area (Å²) in [6.07, 6.45) is 0. The fourth-order valence-corrected chi connectivity index (χ4v) is 3.27. The van der Waals surface area contributed by atoms with Crippen molar-refractivity contribution in [1.29, 1.82) is 0 Å². The van der Waals surface area contributed by atoms with Crippen LogP contribution < -0.4 is 24.4 Å². The molecule has 2 aromatic carbocycles. The van der Waals surface area contributed by atoms with Crippen LogP contribution in [0.3, 0.4) is 0 Å².